The van der Waals surface area contributed by atoms with E-state index in [1.165, 1.54) is 0 Å². The van der Waals surface area contributed by atoms with Gasteiger partial charge in [0.15, 0.2) is 0 Å². The molecule has 1 heterocycles. The van der Waals surface area contributed by atoms with Crippen molar-refractivity contribution in [3.63, 3.8) is 0 Å². The number of benzene rings is 1. The van der Waals surface area contributed by atoms with E-state index < -0.39 is 17.5 Å². The number of carbonyl (C=O) groups is 1. The molecule has 0 spiro atoms. The molecule has 0 saturated carbocycles. The Kier molecular flexibility index (Phi) is 4.14. The first-order chi connectivity index (χ1) is 9.02. The molecule has 0 radical (unpaired) electrons. The number of nitrogens with zero attached hydrogens (tertiary/aromatic N) is 1. The fraction of sp³-hybridized carbons (Fsp3) is 0.500. The van der Waals surface area contributed by atoms with Crippen molar-refractivity contribution in [2.75, 3.05) is 13.1 Å². The van der Waals surface area contributed by atoms with Crippen molar-refractivity contribution in [3.05, 3.63) is 35.4 Å². The molecule has 1 aliphatic heterocycles. The lowest BCUT2D eigenvalue weighted by Crippen LogP contribution is -2.47. The van der Waals surface area contributed by atoms with E-state index in [2.05, 4.69) is 0 Å². The van der Waals surface area contributed by atoms with E-state index in [4.69, 9.17) is 5.73 Å². The van der Waals surface area contributed by atoms with Crippen LogP contribution in [0, 0.1) is 17.6 Å². The Morgan fingerprint density at radius 1 is 1.42 bits per heavy atom. The van der Waals surface area contributed by atoms with E-state index >= 15 is 0 Å². The van der Waals surface area contributed by atoms with E-state index in [-0.39, 0.29) is 17.5 Å². The minimum atomic E-state index is -0.687. The minimum Gasteiger partial charge on any atom is -0.336 e. The fourth-order valence-corrected chi connectivity index (χ4v) is 2.47. The van der Waals surface area contributed by atoms with Crippen molar-refractivity contribution in [2.45, 2.75) is 25.8 Å². The van der Waals surface area contributed by atoms with Crippen LogP contribution in [0.4, 0.5) is 8.78 Å². The molecule has 0 aliphatic carbocycles. The van der Waals surface area contributed by atoms with Gasteiger partial charge in [-0.25, -0.2) is 8.78 Å². The van der Waals surface area contributed by atoms with Crippen LogP contribution in [-0.4, -0.2) is 29.9 Å². The van der Waals surface area contributed by atoms with E-state index in [1.54, 1.807) is 4.90 Å². The number of nitrogens with two attached hydrogens (primary N) is 1. The van der Waals surface area contributed by atoms with Gasteiger partial charge in [-0.15, -0.1) is 0 Å². The monoisotopic (exact) mass is 268 g/mol. The van der Waals surface area contributed by atoms with Gasteiger partial charge in [-0.1, -0.05) is 0 Å². The van der Waals surface area contributed by atoms with Gasteiger partial charge < -0.3 is 10.6 Å². The molecule has 0 aromatic heterocycles. The molecule has 2 rings (SSSR count). The molecular formula is C14H18F2N2O. The summed E-state index contributed by atoms with van der Waals surface area (Å²) in [4.78, 5) is 13.9. The Labute approximate surface area is 111 Å². The molecule has 1 saturated heterocycles. The molecule has 1 aromatic rings. The molecule has 3 nitrogen and oxygen atoms in total. The summed E-state index contributed by atoms with van der Waals surface area (Å²) >= 11 is 0. The third kappa shape index (κ3) is 2.92. The highest BCUT2D eigenvalue weighted by molar-refractivity contribution is 5.94. The molecule has 104 valence electrons. The smallest absolute Gasteiger partial charge is 0.257 e. The number of hydrogen-bond donors (Lipinski definition) is 1. The maximum atomic E-state index is 13.6. The summed E-state index contributed by atoms with van der Waals surface area (Å²) in [7, 11) is 0. The summed E-state index contributed by atoms with van der Waals surface area (Å²) in [6, 6.07) is 2.97. The quantitative estimate of drug-likeness (QED) is 0.893. The molecule has 1 aliphatic rings. The van der Waals surface area contributed by atoms with Gasteiger partial charge in [-0.3, -0.25) is 4.79 Å². The lowest BCUT2D eigenvalue weighted by molar-refractivity contribution is 0.0561. The van der Waals surface area contributed by atoms with Gasteiger partial charge in [0, 0.05) is 12.6 Å². The van der Waals surface area contributed by atoms with Gasteiger partial charge >= 0.3 is 0 Å². The van der Waals surface area contributed by atoms with Gasteiger partial charge in [0.25, 0.3) is 5.91 Å². The summed E-state index contributed by atoms with van der Waals surface area (Å²) < 4.78 is 26.8. The van der Waals surface area contributed by atoms with Crippen LogP contribution in [0.1, 0.15) is 30.1 Å². The molecule has 0 bridgehead atoms. The largest absolute Gasteiger partial charge is 0.336 e. The standard InChI is InChI=1S/C14H18F2N2O/c1-9-2-3-10(7-17)8-18(9)14(19)12-6-11(15)4-5-13(12)16/h4-6,9-10H,2-3,7-8,17H2,1H3. The second-order valence-corrected chi connectivity index (χ2v) is 5.11. The second-order valence-electron chi connectivity index (χ2n) is 5.11. The van der Waals surface area contributed by atoms with Crippen LogP contribution < -0.4 is 5.73 Å². The van der Waals surface area contributed by atoms with Crippen molar-refractivity contribution < 1.29 is 13.6 Å². The first-order valence-corrected chi connectivity index (χ1v) is 6.49. The highest BCUT2D eigenvalue weighted by Gasteiger charge is 2.30. The van der Waals surface area contributed by atoms with Crippen molar-refractivity contribution in [2.24, 2.45) is 11.7 Å². The Bertz CT molecular complexity index is 479. The van der Waals surface area contributed by atoms with Crippen LogP contribution in [-0.2, 0) is 0 Å². The van der Waals surface area contributed by atoms with Crippen LogP contribution in [0.3, 0.4) is 0 Å². The van der Waals surface area contributed by atoms with Gasteiger partial charge in [0.05, 0.1) is 5.56 Å². The molecule has 19 heavy (non-hydrogen) atoms. The summed E-state index contributed by atoms with van der Waals surface area (Å²) in [5.41, 5.74) is 5.43. The zero-order valence-electron chi connectivity index (χ0n) is 10.9. The van der Waals surface area contributed by atoms with Crippen LogP contribution in [0.2, 0.25) is 0 Å². The normalized spacial score (nSPS) is 23.5. The zero-order chi connectivity index (χ0) is 14.0. The van der Waals surface area contributed by atoms with Gasteiger partial charge in [-0.05, 0) is 50.4 Å². The molecule has 2 atom stereocenters. The Morgan fingerprint density at radius 2 is 2.16 bits per heavy atom. The van der Waals surface area contributed by atoms with Crippen LogP contribution in [0.15, 0.2) is 18.2 Å². The van der Waals surface area contributed by atoms with Gasteiger partial charge in [0.2, 0.25) is 0 Å². The third-order valence-electron chi connectivity index (χ3n) is 3.73. The van der Waals surface area contributed by atoms with Crippen molar-refractivity contribution in [1.82, 2.24) is 4.90 Å². The minimum absolute atomic E-state index is 0.0259. The fourth-order valence-electron chi connectivity index (χ4n) is 2.47. The van der Waals surface area contributed by atoms with Crippen LogP contribution >= 0.6 is 0 Å². The molecule has 2 N–H and O–H groups in total. The molecule has 1 aromatic carbocycles. The first kappa shape index (κ1) is 13.9. The maximum Gasteiger partial charge on any atom is 0.257 e. The molecule has 1 fully saturated rings. The summed E-state index contributed by atoms with van der Waals surface area (Å²) in [5, 5.41) is 0. The first-order valence-electron chi connectivity index (χ1n) is 6.49. The van der Waals surface area contributed by atoms with E-state index in [0.717, 1.165) is 31.0 Å². The van der Waals surface area contributed by atoms with Gasteiger partial charge in [-0.2, -0.15) is 0 Å². The lowest BCUT2D eigenvalue weighted by atomic mass is 9.93. The number of rotatable bonds is 2. The van der Waals surface area contributed by atoms with Crippen molar-refractivity contribution in [1.29, 1.82) is 0 Å². The maximum absolute atomic E-state index is 13.6. The molecule has 1 amide bonds. The van der Waals surface area contributed by atoms with Crippen LogP contribution in [0.25, 0.3) is 0 Å². The highest BCUT2D eigenvalue weighted by Crippen LogP contribution is 2.24. The Balaban J connectivity index is 2.24. The average molecular weight is 268 g/mol. The van der Waals surface area contributed by atoms with E-state index in [9.17, 15) is 13.6 Å². The number of amides is 1. The van der Waals surface area contributed by atoms with Crippen molar-refractivity contribution in [3.8, 4) is 0 Å². The summed E-state index contributed by atoms with van der Waals surface area (Å²) in [6.45, 7) is 2.93. The second kappa shape index (κ2) is 5.65. The molecular weight excluding hydrogens is 250 g/mol. The topological polar surface area (TPSA) is 46.3 Å². The van der Waals surface area contributed by atoms with Crippen molar-refractivity contribution >= 4 is 5.91 Å². The zero-order valence-corrected chi connectivity index (χ0v) is 10.9. The van der Waals surface area contributed by atoms with E-state index in [0.29, 0.717) is 13.1 Å². The predicted octanol–water partition coefficient (Wildman–Crippen LogP) is 2.16. The van der Waals surface area contributed by atoms with Crippen LogP contribution in [0.5, 0.6) is 0 Å². The average Bonchev–Trinajstić information content (AvgIpc) is 2.41. The highest BCUT2D eigenvalue weighted by atomic mass is 19.1. The van der Waals surface area contributed by atoms with E-state index in [1.807, 2.05) is 6.92 Å². The van der Waals surface area contributed by atoms with Gasteiger partial charge in [0.1, 0.15) is 11.6 Å². The Morgan fingerprint density at radius 3 is 2.84 bits per heavy atom. The molecule has 2 unspecified atom stereocenters. The number of piperidine rings is 1. The number of halogens is 2. The number of hydrogen-bond acceptors (Lipinski definition) is 2. The molecule has 5 heteroatoms. The third-order valence-corrected chi connectivity index (χ3v) is 3.73. The summed E-state index contributed by atoms with van der Waals surface area (Å²) in [5.74, 6) is -1.52. The SMILES string of the molecule is CC1CCC(CN)CN1C(=O)c1cc(F)ccc1F. The number of carbonyl (C=O) groups excluding carboxylic acids is 1. The summed E-state index contributed by atoms with van der Waals surface area (Å²) in [6.07, 6.45) is 1.80. The number of likely N-dealkylation sites (tertiary alicyclic amines) is 1. The Hall–Kier alpha value is -1.49. The lowest BCUT2D eigenvalue weighted by Gasteiger charge is -2.37. The predicted molar refractivity (Wildman–Crippen MR) is 68.6 cm³/mol.